The number of rotatable bonds is 1. The lowest BCUT2D eigenvalue weighted by Crippen LogP contribution is -2.23. The SMILES string of the molecule is Cc1c(I)c[nH]c(=O)c1OC(F)(F)F. The highest BCUT2D eigenvalue weighted by Crippen LogP contribution is 2.24. The average Bonchev–Trinajstić information content (AvgIpc) is 2.04. The van der Waals surface area contributed by atoms with Gasteiger partial charge in [0.1, 0.15) is 0 Å². The Hall–Kier alpha value is -0.730. The van der Waals surface area contributed by atoms with E-state index >= 15 is 0 Å². The van der Waals surface area contributed by atoms with Crippen LogP contribution in [-0.2, 0) is 0 Å². The fourth-order valence-electron chi connectivity index (χ4n) is 0.820. The second-order valence-electron chi connectivity index (χ2n) is 2.47. The van der Waals surface area contributed by atoms with Crippen molar-refractivity contribution in [2.75, 3.05) is 0 Å². The van der Waals surface area contributed by atoms with Crippen molar-refractivity contribution in [1.29, 1.82) is 0 Å². The fourth-order valence-corrected chi connectivity index (χ4v) is 1.22. The topological polar surface area (TPSA) is 42.1 Å². The first-order valence-electron chi connectivity index (χ1n) is 3.45. The Morgan fingerprint density at radius 3 is 2.57 bits per heavy atom. The van der Waals surface area contributed by atoms with E-state index in [-0.39, 0.29) is 5.56 Å². The number of H-pyrrole nitrogens is 1. The maximum absolute atomic E-state index is 11.9. The van der Waals surface area contributed by atoms with Gasteiger partial charge in [-0.3, -0.25) is 4.79 Å². The molecule has 0 atom stereocenters. The van der Waals surface area contributed by atoms with Crippen molar-refractivity contribution < 1.29 is 17.9 Å². The molecule has 1 N–H and O–H groups in total. The molecular weight excluding hydrogens is 314 g/mol. The molecule has 1 rings (SSSR count). The molecule has 0 aromatic carbocycles. The van der Waals surface area contributed by atoms with Crippen molar-refractivity contribution in [3.8, 4) is 5.75 Å². The Bertz CT molecular complexity index is 399. The van der Waals surface area contributed by atoms with E-state index in [0.717, 1.165) is 0 Å². The van der Waals surface area contributed by atoms with Gasteiger partial charge < -0.3 is 9.72 Å². The van der Waals surface area contributed by atoms with E-state index in [9.17, 15) is 18.0 Å². The van der Waals surface area contributed by atoms with E-state index in [1.165, 1.54) is 13.1 Å². The number of hydrogen-bond donors (Lipinski definition) is 1. The zero-order valence-corrected chi connectivity index (χ0v) is 9.06. The van der Waals surface area contributed by atoms with Crippen LogP contribution in [0.3, 0.4) is 0 Å². The molecule has 0 aliphatic rings. The zero-order chi connectivity index (χ0) is 10.9. The highest BCUT2D eigenvalue weighted by molar-refractivity contribution is 14.1. The molecule has 0 aliphatic carbocycles. The number of aromatic amines is 1. The highest BCUT2D eigenvalue weighted by atomic mass is 127. The molecule has 0 amide bonds. The lowest BCUT2D eigenvalue weighted by Gasteiger charge is -2.10. The molecule has 0 fully saturated rings. The maximum atomic E-state index is 11.9. The molecule has 1 aromatic heterocycles. The maximum Gasteiger partial charge on any atom is 0.573 e. The number of pyridine rings is 1. The van der Waals surface area contributed by atoms with Gasteiger partial charge in [-0.25, -0.2) is 0 Å². The van der Waals surface area contributed by atoms with Crippen LogP contribution in [0, 0.1) is 10.5 Å². The van der Waals surface area contributed by atoms with Gasteiger partial charge in [-0.1, -0.05) is 0 Å². The molecule has 0 radical (unpaired) electrons. The minimum Gasteiger partial charge on any atom is -0.400 e. The van der Waals surface area contributed by atoms with Gasteiger partial charge in [0.25, 0.3) is 5.56 Å². The van der Waals surface area contributed by atoms with Crippen LogP contribution in [0.2, 0.25) is 0 Å². The summed E-state index contributed by atoms with van der Waals surface area (Å²) in [5.41, 5.74) is -0.716. The minimum absolute atomic E-state index is 0.173. The summed E-state index contributed by atoms with van der Waals surface area (Å²) in [6.45, 7) is 1.39. The van der Waals surface area contributed by atoms with Gasteiger partial charge in [-0.05, 0) is 29.5 Å². The van der Waals surface area contributed by atoms with Crippen molar-refractivity contribution in [2.45, 2.75) is 13.3 Å². The molecule has 0 saturated heterocycles. The highest BCUT2D eigenvalue weighted by Gasteiger charge is 2.33. The van der Waals surface area contributed by atoms with Crippen molar-refractivity contribution in [1.82, 2.24) is 4.98 Å². The quantitative estimate of drug-likeness (QED) is 0.806. The first-order valence-corrected chi connectivity index (χ1v) is 4.52. The number of aromatic nitrogens is 1. The predicted molar refractivity (Wildman–Crippen MR) is 51.2 cm³/mol. The Morgan fingerprint density at radius 2 is 2.07 bits per heavy atom. The predicted octanol–water partition coefficient (Wildman–Crippen LogP) is 2.19. The Balaban J connectivity index is 3.20. The molecule has 0 spiro atoms. The number of nitrogens with one attached hydrogen (secondary N) is 1. The summed E-state index contributed by atoms with van der Waals surface area (Å²) in [5, 5.41) is 0. The third-order valence-corrected chi connectivity index (χ3v) is 2.57. The van der Waals surface area contributed by atoms with Crippen LogP contribution in [0.25, 0.3) is 0 Å². The molecule has 1 aromatic rings. The van der Waals surface area contributed by atoms with Crippen molar-refractivity contribution >= 4 is 22.6 Å². The Labute approximate surface area is 90.4 Å². The summed E-state index contributed by atoms with van der Waals surface area (Å²) in [6, 6.07) is 0. The van der Waals surface area contributed by atoms with Gasteiger partial charge >= 0.3 is 6.36 Å². The molecular formula is C7H5F3INO2. The number of hydrogen-bond acceptors (Lipinski definition) is 2. The van der Waals surface area contributed by atoms with Gasteiger partial charge in [0.05, 0.1) is 0 Å². The van der Waals surface area contributed by atoms with Gasteiger partial charge in [-0.15, -0.1) is 13.2 Å². The Morgan fingerprint density at radius 1 is 1.50 bits per heavy atom. The van der Waals surface area contributed by atoms with E-state index in [0.29, 0.717) is 3.57 Å². The second kappa shape index (κ2) is 3.79. The van der Waals surface area contributed by atoms with Gasteiger partial charge in [-0.2, -0.15) is 0 Å². The molecule has 78 valence electrons. The monoisotopic (exact) mass is 319 g/mol. The summed E-state index contributed by atoms with van der Waals surface area (Å²) in [6.07, 6.45) is -3.52. The van der Waals surface area contributed by atoms with E-state index in [1.807, 2.05) is 0 Å². The smallest absolute Gasteiger partial charge is 0.400 e. The van der Waals surface area contributed by atoms with Crippen LogP contribution in [0.4, 0.5) is 13.2 Å². The van der Waals surface area contributed by atoms with Gasteiger partial charge in [0.15, 0.2) is 5.75 Å². The fraction of sp³-hybridized carbons (Fsp3) is 0.286. The third kappa shape index (κ3) is 2.63. The molecule has 3 nitrogen and oxygen atoms in total. The molecule has 0 saturated carbocycles. The molecule has 14 heavy (non-hydrogen) atoms. The summed E-state index contributed by atoms with van der Waals surface area (Å²) < 4.78 is 39.7. The zero-order valence-electron chi connectivity index (χ0n) is 6.91. The van der Waals surface area contributed by atoms with E-state index < -0.39 is 17.7 Å². The first kappa shape index (κ1) is 11.3. The average molecular weight is 319 g/mol. The third-order valence-electron chi connectivity index (χ3n) is 1.45. The van der Waals surface area contributed by atoms with Crippen LogP contribution in [0.5, 0.6) is 5.75 Å². The Kier molecular flexibility index (Phi) is 3.07. The normalized spacial score (nSPS) is 11.5. The van der Waals surface area contributed by atoms with E-state index in [1.54, 1.807) is 22.6 Å². The lowest BCUT2D eigenvalue weighted by atomic mass is 10.3. The summed E-state index contributed by atoms with van der Waals surface area (Å²) in [5.74, 6) is -0.704. The van der Waals surface area contributed by atoms with Crippen LogP contribution in [0.15, 0.2) is 11.0 Å². The van der Waals surface area contributed by atoms with Gasteiger partial charge in [0.2, 0.25) is 0 Å². The molecule has 0 bridgehead atoms. The van der Waals surface area contributed by atoms with E-state index in [4.69, 9.17) is 0 Å². The van der Waals surface area contributed by atoms with Crippen molar-refractivity contribution in [3.63, 3.8) is 0 Å². The summed E-state index contributed by atoms with van der Waals surface area (Å²) in [4.78, 5) is 13.1. The van der Waals surface area contributed by atoms with Gasteiger partial charge in [0, 0.05) is 15.3 Å². The van der Waals surface area contributed by atoms with Crippen LogP contribution in [-0.4, -0.2) is 11.3 Å². The summed E-state index contributed by atoms with van der Waals surface area (Å²) >= 11 is 1.80. The van der Waals surface area contributed by atoms with Crippen molar-refractivity contribution in [2.24, 2.45) is 0 Å². The lowest BCUT2D eigenvalue weighted by molar-refractivity contribution is -0.275. The summed E-state index contributed by atoms with van der Waals surface area (Å²) in [7, 11) is 0. The van der Waals surface area contributed by atoms with Crippen LogP contribution >= 0.6 is 22.6 Å². The number of ether oxygens (including phenoxy) is 1. The first-order chi connectivity index (χ1) is 6.31. The second-order valence-corrected chi connectivity index (χ2v) is 3.63. The van der Waals surface area contributed by atoms with Crippen LogP contribution in [0.1, 0.15) is 5.56 Å². The molecule has 0 unspecified atom stereocenters. The molecule has 7 heteroatoms. The molecule has 1 heterocycles. The number of alkyl halides is 3. The van der Waals surface area contributed by atoms with Crippen molar-refractivity contribution in [3.05, 3.63) is 25.7 Å². The minimum atomic E-state index is -4.85. The van der Waals surface area contributed by atoms with Crippen LogP contribution < -0.4 is 10.3 Å². The van der Waals surface area contributed by atoms with E-state index in [2.05, 4.69) is 9.72 Å². The molecule has 0 aliphatic heterocycles. The largest absolute Gasteiger partial charge is 0.573 e. The standard InChI is InChI=1S/C7H5F3INO2/c1-3-4(11)2-12-6(13)5(3)14-7(8,9)10/h2H,1H3,(H,12,13). The number of halogens is 4.